The fourth-order valence-corrected chi connectivity index (χ4v) is 6.12. The maximum Gasteiger partial charge on any atom is 0.331 e. The summed E-state index contributed by atoms with van der Waals surface area (Å²) in [7, 11) is 1.69. The minimum atomic E-state index is -0.390. The monoisotopic (exact) mass is 576 g/mol. The smallest absolute Gasteiger partial charge is 0.331 e. The summed E-state index contributed by atoms with van der Waals surface area (Å²) in [5, 5.41) is 0. The number of ether oxygens (including phenoxy) is 6. The van der Waals surface area contributed by atoms with Crippen LogP contribution in [0.1, 0.15) is 65.0 Å². The van der Waals surface area contributed by atoms with Gasteiger partial charge in [-0.1, -0.05) is 35.9 Å². The maximum absolute atomic E-state index is 12.9. The van der Waals surface area contributed by atoms with E-state index in [2.05, 4.69) is 26.8 Å². The summed E-state index contributed by atoms with van der Waals surface area (Å²) in [6, 6.07) is 15.4. The number of methoxy groups -OCH3 is 1. The topological polar surface area (TPSA) is 79.1 Å². The third-order valence-corrected chi connectivity index (χ3v) is 8.54. The van der Waals surface area contributed by atoms with Gasteiger partial charge >= 0.3 is 5.97 Å². The molecule has 0 amide bonds. The molecule has 1 spiro atoms. The summed E-state index contributed by atoms with van der Waals surface area (Å²) in [6.45, 7) is 11.7. The van der Waals surface area contributed by atoms with E-state index >= 15 is 0 Å². The molecule has 2 saturated heterocycles. The zero-order chi connectivity index (χ0) is 29.9. The van der Waals surface area contributed by atoms with Crippen LogP contribution in [0.15, 0.2) is 66.3 Å². The second-order valence-corrected chi connectivity index (χ2v) is 12.4. The SMILES string of the molecule is CO[C@H]1C([C@@]2(C)OC2CC=C(C)C)[C@]2(CC[C@H]1OC(=O)/C=C/c1ccc(Oc3ccc(COC(C)C)cc3)cc1)CO2. The lowest BCUT2D eigenvalue weighted by atomic mass is 9.68. The van der Waals surface area contributed by atoms with Crippen LogP contribution in [0, 0.1) is 5.92 Å². The molecule has 2 heterocycles. The van der Waals surface area contributed by atoms with Crippen LogP contribution in [0.5, 0.6) is 11.5 Å². The van der Waals surface area contributed by atoms with Crippen LogP contribution in [0.3, 0.4) is 0 Å². The lowest BCUT2D eigenvalue weighted by Gasteiger charge is -2.42. The number of epoxide rings is 2. The van der Waals surface area contributed by atoms with Crippen molar-refractivity contribution < 1.29 is 33.2 Å². The Kier molecular flexibility index (Phi) is 9.23. The van der Waals surface area contributed by atoms with Gasteiger partial charge in [-0.25, -0.2) is 4.79 Å². The molecule has 226 valence electrons. The van der Waals surface area contributed by atoms with Crippen LogP contribution < -0.4 is 4.74 Å². The zero-order valence-corrected chi connectivity index (χ0v) is 25.6. The molecule has 2 aliphatic heterocycles. The van der Waals surface area contributed by atoms with Gasteiger partial charge in [0.25, 0.3) is 0 Å². The highest BCUT2D eigenvalue weighted by atomic mass is 16.6. The minimum absolute atomic E-state index is 0.00166. The van der Waals surface area contributed by atoms with Crippen molar-refractivity contribution in [2.24, 2.45) is 5.92 Å². The van der Waals surface area contributed by atoms with Crippen molar-refractivity contribution >= 4 is 12.0 Å². The van der Waals surface area contributed by atoms with E-state index in [0.717, 1.165) is 29.7 Å². The quantitative estimate of drug-likeness (QED) is 0.116. The van der Waals surface area contributed by atoms with Crippen molar-refractivity contribution in [3.05, 3.63) is 77.4 Å². The van der Waals surface area contributed by atoms with Gasteiger partial charge in [-0.2, -0.15) is 0 Å². The second kappa shape index (κ2) is 12.7. The summed E-state index contributed by atoms with van der Waals surface area (Å²) < 4.78 is 35.8. The minimum Gasteiger partial charge on any atom is -0.457 e. The predicted molar refractivity (Wildman–Crippen MR) is 161 cm³/mol. The molecule has 6 atom stereocenters. The van der Waals surface area contributed by atoms with Crippen LogP contribution in [0.2, 0.25) is 0 Å². The molecular weight excluding hydrogens is 532 g/mol. The predicted octanol–water partition coefficient (Wildman–Crippen LogP) is 7.04. The standard InChI is InChI=1S/C35H44O7/c1-23(2)7-17-30-34(5,42-30)33-32(37-6)29(19-20-35(33)22-39-35)41-31(36)18-12-25-8-13-27(14-9-25)40-28-15-10-26(11-16-28)21-38-24(3)4/h7-16,18,24,29-30,32-33H,17,19-22H2,1-6H3/b18-12+/t29-,30?,32-,33?,34+,35+/m1/s1. The van der Waals surface area contributed by atoms with Crippen molar-refractivity contribution in [3.8, 4) is 11.5 Å². The van der Waals surface area contributed by atoms with Crippen LogP contribution in [-0.4, -0.2) is 55.3 Å². The molecule has 1 aliphatic carbocycles. The summed E-state index contributed by atoms with van der Waals surface area (Å²) in [5.74, 6) is 1.07. The molecule has 5 rings (SSSR count). The second-order valence-electron chi connectivity index (χ2n) is 12.4. The van der Waals surface area contributed by atoms with Crippen LogP contribution in [0.4, 0.5) is 0 Å². The average Bonchev–Trinajstić information content (AvgIpc) is 3.88. The van der Waals surface area contributed by atoms with Crippen molar-refractivity contribution in [2.75, 3.05) is 13.7 Å². The highest BCUT2D eigenvalue weighted by Gasteiger charge is 2.72. The molecule has 0 bridgehead atoms. The van der Waals surface area contributed by atoms with Gasteiger partial charge < -0.3 is 28.4 Å². The van der Waals surface area contributed by atoms with Gasteiger partial charge in [-0.05, 0) is 95.3 Å². The number of hydrogen-bond donors (Lipinski definition) is 0. The molecule has 2 aromatic rings. The Morgan fingerprint density at radius 3 is 2.33 bits per heavy atom. The Morgan fingerprint density at radius 2 is 1.74 bits per heavy atom. The third-order valence-electron chi connectivity index (χ3n) is 8.54. The van der Waals surface area contributed by atoms with Gasteiger partial charge in [0.05, 0.1) is 31.3 Å². The van der Waals surface area contributed by atoms with Crippen LogP contribution in [-0.2, 0) is 35.1 Å². The lowest BCUT2D eigenvalue weighted by molar-refractivity contribution is -0.166. The number of carbonyl (C=O) groups is 1. The number of carbonyl (C=O) groups excluding carboxylic acids is 1. The van der Waals surface area contributed by atoms with Gasteiger partial charge in [0, 0.05) is 13.2 Å². The highest BCUT2D eigenvalue weighted by Crippen LogP contribution is 2.59. The van der Waals surface area contributed by atoms with Gasteiger partial charge in [-0.3, -0.25) is 0 Å². The van der Waals surface area contributed by atoms with Crippen molar-refractivity contribution in [2.45, 2.75) is 96.1 Å². The number of rotatable bonds is 12. The lowest BCUT2D eigenvalue weighted by Crippen LogP contribution is -2.55. The molecule has 3 aliphatic rings. The fourth-order valence-electron chi connectivity index (χ4n) is 6.12. The van der Waals surface area contributed by atoms with E-state index in [1.807, 2.05) is 62.4 Å². The number of benzene rings is 2. The Morgan fingerprint density at radius 1 is 1.07 bits per heavy atom. The van der Waals surface area contributed by atoms with E-state index in [0.29, 0.717) is 25.4 Å². The molecule has 0 radical (unpaired) electrons. The first-order valence-electron chi connectivity index (χ1n) is 15.0. The molecule has 3 fully saturated rings. The largest absolute Gasteiger partial charge is 0.457 e. The van der Waals surface area contributed by atoms with Crippen molar-refractivity contribution in [3.63, 3.8) is 0 Å². The maximum atomic E-state index is 12.9. The Balaban J connectivity index is 1.16. The van der Waals surface area contributed by atoms with Crippen LogP contribution >= 0.6 is 0 Å². The van der Waals surface area contributed by atoms with Gasteiger partial charge in [0.2, 0.25) is 0 Å². The van der Waals surface area contributed by atoms with Crippen LogP contribution in [0.25, 0.3) is 6.08 Å². The van der Waals surface area contributed by atoms with E-state index in [1.54, 1.807) is 13.2 Å². The highest BCUT2D eigenvalue weighted by molar-refractivity contribution is 5.87. The Hall–Kier alpha value is -2.97. The molecule has 1 saturated carbocycles. The van der Waals surface area contributed by atoms with E-state index in [4.69, 9.17) is 28.4 Å². The Bertz CT molecular complexity index is 1270. The molecule has 7 nitrogen and oxygen atoms in total. The van der Waals surface area contributed by atoms with E-state index in [9.17, 15) is 4.79 Å². The first-order chi connectivity index (χ1) is 20.1. The molecule has 0 aromatic heterocycles. The zero-order valence-electron chi connectivity index (χ0n) is 25.6. The molecule has 7 heteroatoms. The van der Waals surface area contributed by atoms with Gasteiger partial charge in [0.15, 0.2) is 0 Å². The fraction of sp³-hybridized carbons (Fsp3) is 0.514. The summed E-state index contributed by atoms with van der Waals surface area (Å²) in [6.07, 6.45) is 7.46. The van der Waals surface area contributed by atoms with Crippen molar-refractivity contribution in [1.82, 2.24) is 0 Å². The summed E-state index contributed by atoms with van der Waals surface area (Å²) >= 11 is 0. The Labute approximate surface area is 249 Å². The molecular formula is C35H44O7. The molecule has 0 N–H and O–H groups in total. The third kappa shape index (κ3) is 7.14. The normalized spacial score (nSPS) is 30.0. The van der Waals surface area contributed by atoms with Crippen molar-refractivity contribution in [1.29, 1.82) is 0 Å². The molecule has 42 heavy (non-hydrogen) atoms. The molecule has 2 aromatic carbocycles. The number of allylic oxidation sites excluding steroid dienone is 1. The van der Waals surface area contributed by atoms with E-state index in [1.165, 1.54) is 11.6 Å². The summed E-state index contributed by atoms with van der Waals surface area (Å²) in [5.41, 5.74) is 2.63. The van der Waals surface area contributed by atoms with Gasteiger partial charge in [-0.15, -0.1) is 0 Å². The first-order valence-corrected chi connectivity index (χ1v) is 15.0. The average molecular weight is 577 g/mol. The number of hydrogen-bond acceptors (Lipinski definition) is 7. The molecule has 2 unspecified atom stereocenters. The first kappa shape index (κ1) is 30.5. The number of esters is 1. The summed E-state index contributed by atoms with van der Waals surface area (Å²) in [4.78, 5) is 12.9. The van der Waals surface area contributed by atoms with E-state index in [-0.39, 0.29) is 41.5 Å². The van der Waals surface area contributed by atoms with E-state index < -0.39 is 5.97 Å². The van der Waals surface area contributed by atoms with Gasteiger partial charge in [0.1, 0.15) is 34.9 Å².